The van der Waals surface area contributed by atoms with Gasteiger partial charge in [0.1, 0.15) is 6.61 Å². The van der Waals surface area contributed by atoms with Crippen molar-refractivity contribution < 1.29 is 9.47 Å². The second kappa shape index (κ2) is 8.54. The van der Waals surface area contributed by atoms with Gasteiger partial charge in [0, 0.05) is 16.6 Å². The van der Waals surface area contributed by atoms with Crippen LogP contribution in [0, 0.1) is 0 Å². The van der Waals surface area contributed by atoms with E-state index in [0.717, 1.165) is 40.1 Å². The molecular weight excluding hydrogens is 366 g/mol. The third kappa shape index (κ3) is 5.25. The summed E-state index contributed by atoms with van der Waals surface area (Å²) in [6.45, 7) is 7.88. The molecular formula is C20H26BrNO2. The van der Waals surface area contributed by atoms with Gasteiger partial charge in [-0.1, -0.05) is 53.2 Å². The first-order chi connectivity index (χ1) is 11.4. The number of hydrogen-bond donors (Lipinski definition) is 1. The van der Waals surface area contributed by atoms with Gasteiger partial charge >= 0.3 is 0 Å². The molecule has 0 aromatic heterocycles. The molecule has 1 N–H and O–H groups in total. The third-order valence-electron chi connectivity index (χ3n) is 4.21. The van der Waals surface area contributed by atoms with Crippen molar-refractivity contribution in [1.29, 1.82) is 0 Å². The molecule has 0 amide bonds. The van der Waals surface area contributed by atoms with E-state index < -0.39 is 0 Å². The number of hydrogen-bond acceptors (Lipinski definition) is 3. The Morgan fingerprint density at radius 3 is 2.42 bits per heavy atom. The van der Waals surface area contributed by atoms with Gasteiger partial charge < -0.3 is 14.8 Å². The summed E-state index contributed by atoms with van der Waals surface area (Å²) in [5.74, 6) is 1.49. The number of methoxy groups -OCH3 is 1. The molecule has 2 aromatic rings. The lowest BCUT2D eigenvalue weighted by molar-refractivity contribution is 0.284. The monoisotopic (exact) mass is 391 g/mol. The highest BCUT2D eigenvalue weighted by molar-refractivity contribution is 9.10. The Kier molecular flexibility index (Phi) is 6.69. The molecule has 0 radical (unpaired) electrons. The summed E-state index contributed by atoms with van der Waals surface area (Å²) in [5.41, 5.74) is 2.39. The highest BCUT2D eigenvalue weighted by Gasteiger charge is 2.16. The fourth-order valence-electron chi connectivity index (χ4n) is 2.18. The summed E-state index contributed by atoms with van der Waals surface area (Å²) < 4.78 is 12.5. The molecule has 0 heterocycles. The van der Waals surface area contributed by atoms with Gasteiger partial charge in [-0.25, -0.2) is 0 Å². The molecule has 0 aliphatic heterocycles. The molecule has 24 heavy (non-hydrogen) atoms. The van der Waals surface area contributed by atoms with Crippen LogP contribution in [-0.4, -0.2) is 12.6 Å². The van der Waals surface area contributed by atoms with Crippen LogP contribution < -0.4 is 14.8 Å². The van der Waals surface area contributed by atoms with Crippen LogP contribution in [0.2, 0.25) is 0 Å². The molecule has 2 aromatic carbocycles. The van der Waals surface area contributed by atoms with Gasteiger partial charge in [-0.15, -0.1) is 0 Å². The van der Waals surface area contributed by atoms with E-state index in [1.165, 1.54) is 0 Å². The van der Waals surface area contributed by atoms with Crippen LogP contribution in [0.5, 0.6) is 11.5 Å². The molecule has 3 nitrogen and oxygen atoms in total. The maximum Gasteiger partial charge on any atom is 0.162 e. The lowest BCUT2D eigenvalue weighted by Gasteiger charge is -2.25. The van der Waals surface area contributed by atoms with Crippen molar-refractivity contribution in [1.82, 2.24) is 5.32 Å². The van der Waals surface area contributed by atoms with E-state index in [0.29, 0.717) is 6.61 Å². The van der Waals surface area contributed by atoms with Crippen LogP contribution in [0.15, 0.2) is 46.9 Å². The average molecular weight is 392 g/mol. The third-order valence-corrected chi connectivity index (χ3v) is 4.95. The topological polar surface area (TPSA) is 30.5 Å². The first-order valence-electron chi connectivity index (χ1n) is 8.23. The van der Waals surface area contributed by atoms with Crippen LogP contribution in [0.25, 0.3) is 0 Å². The Hall–Kier alpha value is -1.52. The number of halogens is 1. The van der Waals surface area contributed by atoms with E-state index in [-0.39, 0.29) is 5.54 Å². The molecule has 0 aliphatic carbocycles. The molecule has 2 rings (SSSR count). The fourth-order valence-corrected chi connectivity index (χ4v) is 2.64. The normalized spacial score (nSPS) is 11.4. The van der Waals surface area contributed by atoms with E-state index in [9.17, 15) is 0 Å². The van der Waals surface area contributed by atoms with Crippen molar-refractivity contribution >= 4 is 15.9 Å². The van der Waals surface area contributed by atoms with E-state index in [1.54, 1.807) is 7.11 Å². The number of ether oxygens (including phenoxy) is 2. The Bertz CT molecular complexity index is 656. The average Bonchev–Trinajstić information content (AvgIpc) is 2.60. The van der Waals surface area contributed by atoms with Crippen LogP contribution >= 0.6 is 15.9 Å². The van der Waals surface area contributed by atoms with Gasteiger partial charge in [-0.2, -0.15) is 0 Å². The van der Waals surface area contributed by atoms with Gasteiger partial charge in [-0.3, -0.25) is 0 Å². The van der Waals surface area contributed by atoms with E-state index in [4.69, 9.17) is 9.47 Å². The summed E-state index contributed by atoms with van der Waals surface area (Å²) in [7, 11) is 1.67. The highest BCUT2D eigenvalue weighted by atomic mass is 79.9. The predicted octanol–water partition coefficient (Wildman–Crippen LogP) is 5.31. The maximum absolute atomic E-state index is 5.94. The lowest BCUT2D eigenvalue weighted by atomic mass is 10.0. The molecule has 0 fully saturated rings. The minimum Gasteiger partial charge on any atom is -0.493 e. The molecule has 4 heteroatoms. The molecule has 0 unspecified atom stereocenters. The molecule has 0 aliphatic rings. The maximum atomic E-state index is 5.94. The molecule has 0 atom stereocenters. The molecule has 130 valence electrons. The molecule has 0 bridgehead atoms. The van der Waals surface area contributed by atoms with Gasteiger partial charge in [0.05, 0.1) is 7.11 Å². The smallest absolute Gasteiger partial charge is 0.162 e. The summed E-state index contributed by atoms with van der Waals surface area (Å²) in [4.78, 5) is 0. The Balaban J connectivity index is 2.11. The van der Waals surface area contributed by atoms with Crippen molar-refractivity contribution in [2.24, 2.45) is 0 Å². The summed E-state index contributed by atoms with van der Waals surface area (Å²) in [5, 5.41) is 3.57. The predicted molar refractivity (Wildman–Crippen MR) is 103 cm³/mol. The van der Waals surface area contributed by atoms with E-state index in [1.807, 2.05) is 42.5 Å². The number of benzene rings is 2. The molecule has 0 saturated carbocycles. The van der Waals surface area contributed by atoms with Crippen molar-refractivity contribution in [3.8, 4) is 11.5 Å². The van der Waals surface area contributed by atoms with Crippen LogP contribution in [0.3, 0.4) is 0 Å². The largest absolute Gasteiger partial charge is 0.493 e. The van der Waals surface area contributed by atoms with Gasteiger partial charge in [-0.05, 0) is 43.5 Å². The lowest BCUT2D eigenvalue weighted by Crippen LogP contribution is -2.37. The zero-order chi connectivity index (χ0) is 17.6. The van der Waals surface area contributed by atoms with Crippen molar-refractivity contribution in [3.05, 3.63) is 58.1 Å². The molecule has 0 spiro atoms. The highest BCUT2D eigenvalue weighted by Crippen LogP contribution is 2.34. The van der Waals surface area contributed by atoms with Gasteiger partial charge in [0.15, 0.2) is 11.5 Å². The van der Waals surface area contributed by atoms with Crippen molar-refractivity contribution in [3.63, 3.8) is 0 Å². The van der Waals surface area contributed by atoms with E-state index >= 15 is 0 Å². The Morgan fingerprint density at radius 1 is 1.08 bits per heavy atom. The number of rotatable bonds is 8. The summed E-state index contributed by atoms with van der Waals surface area (Å²) in [6.07, 6.45) is 1.07. The zero-order valence-electron chi connectivity index (χ0n) is 14.9. The Morgan fingerprint density at radius 2 is 1.79 bits per heavy atom. The minimum absolute atomic E-state index is 0.106. The second-order valence-corrected chi connectivity index (χ2v) is 7.31. The SMILES string of the molecule is CCC(C)(C)NCc1cc(OC)c(OCc2ccccc2)cc1Br. The second-order valence-electron chi connectivity index (χ2n) is 6.46. The number of nitrogens with one attached hydrogen (secondary N) is 1. The van der Waals surface area contributed by atoms with Crippen molar-refractivity contribution in [2.45, 2.75) is 45.9 Å². The first kappa shape index (κ1) is 18.8. The van der Waals surface area contributed by atoms with Crippen LogP contribution in [0.4, 0.5) is 0 Å². The molecule has 0 saturated heterocycles. The quantitative estimate of drug-likeness (QED) is 0.660. The van der Waals surface area contributed by atoms with Gasteiger partial charge in [0.25, 0.3) is 0 Å². The fraction of sp³-hybridized carbons (Fsp3) is 0.400. The van der Waals surface area contributed by atoms with Crippen LogP contribution in [-0.2, 0) is 13.2 Å². The standard InChI is InChI=1S/C20H26BrNO2/c1-5-20(2,3)22-13-16-11-18(23-4)19(12-17(16)21)24-14-15-9-7-6-8-10-15/h6-12,22H,5,13-14H2,1-4H3. The zero-order valence-corrected chi connectivity index (χ0v) is 16.4. The van der Waals surface area contributed by atoms with Crippen LogP contribution in [0.1, 0.15) is 38.3 Å². The first-order valence-corrected chi connectivity index (χ1v) is 9.02. The summed E-state index contributed by atoms with van der Waals surface area (Å²) >= 11 is 3.65. The minimum atomic E-state index is 0.106. The Labute approximate surface area is 153 Å². The summed E-state index contributed by atoms with van der Waals surface area (Å²) in [6, 6.07) is 14.1. The van der Waals surface area contributed by atoms with E-state index in [2.05, 4.69) is 42.0 Å². The van der Waals surface area contributed by atoms with Crippen molar-refractivity contribution in [2.75, 3.05) is 7.11 Å². The van der Waals surface area contributed by atoms with Gasteiger partial charge in [0.2, 0.25) is 0 Å².